The summed E-state index contributed by atoms with van der Waals surface area (Å²) in [5.41, 5.74) is 1.06. The highest BCUT2D eigenvalue weighted by atomic mass is 32.2. The Morgan fingerprint density at radius 2 is 1.86 bits per heavy atom. The molecule has 2 bridgehead atoms. The average molecular weight is 320 g/mol. The van der Waals surface area contributed by atoms with E-state index in [9.17, 15) is 8.42 Å². The van der Waals surface area contributed by atoms with Gasteiger partial charge in [0.25, 0.3) is 0 Å². The molecule has 3 atom stereocenters. The van der Waals surface area contributed by atoms with E-state index in [1.807, 2.05) is 19.1 Å². The van der Waals surface area contributed by atoms with Crippen molar-refractivity contribution < 1.29 is 8.42 Å². The summed E-state index contributed by atoms with van der Waals surface area (Å²) in [6, 6.07) is 6.92. The number of hydrogen-bond donors (Lipinski definition) is 2. The molecule has 1 fully saturated rings. The van der Waals surface area contributed by atoms with Gasteiger partial charge in [-0.15, -0.1) is 0 Å². The number of aryl methyl sites for hydroxylation is 1. The van der Waals surface area contributed by atoms with Crippen LogP contribution in [0.1, 0.15) is 18.4 Å². The maximum Gasteiger partial charge on any atom is 0.240 e. The highest BCUT2D eigenvalue weighted by Crippen LogP contribution is 2.42. The Balaban J connectivity index is 1.39. The van der Waals surface area contributed by atoms with Gasteiger partial charge in [0.1, 0.15) is 0 Å². The molecule has 2 N–H and O–H groups in total. The summed E-state index contributed by atoms with van der Waals surface area (Å²) in [4.78, 5) is 0.330. The second-order valence-corrected chi connectivity index (χ2v) is 8.22. The van der Waals surface area contributed by atoms with Gasteiger partial charge < -0.3 is 5.32 Å². The van der Waals surface area contributed by atoms with Crippen LogP contribution in [0.3, 0.4) is 0 Å². The lowest BCUT2D eigenvalue weighted by Crippen LogP contribution is -2.34. The molecule has 0 heterocycles. The molecule has 0 aliphatic heterocycles. The molecule has 0 amide bonds. The fourth-order valence-corrected chi connectivity index (χ4v) is 4.52. The molecular weight excluding hydrogens is 296 g/mol. The molecular formula is C17H24N2O2S. The van der Waals surface area contributed by atoms with Crippen molar-refractivity contribution in [2.45, 2.75) is 24.7 Å². The lowest BCUT2D eigenvalue weighted by molar-refractivity contribution is 0.416. The van der Waals surface area contributed by atoms with Gasteiger partial charge in [-0.25, -0.2) is 13.1 Å². The Kier molecular flexibility index (Phi) is 4.66. The molecule has 3 rings (SSSR count). The first kappa shape index (κ1) is 15.7. The van der Waals surface area contributed by atoms with Crippen molar-refractivity contribution in [2.24, 2.45) is 17.8 Å². The Hall–Kier alpha value is -1.17. The number of hydrogen-bond acceptors (Lipinski definition) is 3. The molecule has 0 aromatic heterocycles. The van der Waals surface area contributed by atoms with E-state index in [0.29, 0.717) is 18.0 Å². The van der Waals surface area contributed by atoms with Gasteiger partial charge >= 0.3 is 0 Å². The molecule has 0 saturated heterocycles. The van der Waals surface area contributed by atoms with Crippen LogP contribution in [0.5, 0.6) is 0 Å². The van der Waals surface area contributed by atoms with Crippen molar-refractivity contribution >= 4 is 10.0 Å². The summed E-state index contributed by atoms with van der Waals surface area (Å²) >= 11 is 0. The first-order valence-electron chi connectivity index (χ1n) is 8.00. The summed E-state index contributed by atoms with van der Waals surface area (Å²) < 4.78 is 26.9. The van der Waals surface area contributed by atoms with Gasteiger partial charge in [-0.3, -0.25) is 0 Å². The monoisotopic (exact) mass is 320 g/mol. The highest BCUT2D eigenvalue weighted by molar-refractivity contribution is 7.89. The molecule has 0 radical (unpaired) electrons. The number of nitrogens with one attached hydrogen (secondary N) is 2. The fraction of sp³-hybridized carbons (Fsp3) is 0.529. The summed E-state index contributed by atoms with van der Waals surface area (Å²) in [7, 11) is -3.39. The Labute approximate surface area is 133 Å². The SMILES string of the molecule is Cc1ccc(S(=O)(=O)NCCNCC2CC3C=CC2C3)cc1. The number of rotatable bonds is 7. The zero-order valence-electron chi connectivity index (χ0n) is 13.0. The van der Waals surface area contributed by atoms with Crippen LogP contribution in [0.25, 0.3) is 0 Å². The van der Waals surface area contributed by atoms with E-state index >= 15 is 0 Å². The van der Waals surface area contributed by atoms with Gasteiger partial charge in [0.05, 0.1) is 4.90 Å². The topological polar surface area (TPSA) is 58.2 Å². The van der Waals surface area contributed by atoms with Crippen molar-refractivity contribution in [1.82, 2.24) is 10.0 Å². The number of fused-ring (bicyclic) bond motifs is 2. The minimum absolute atomic E-state index is 0.330. The van der Waals surface area contributed by atoms with Crippen LogP contribution in [-0.4, -0.2) is 28.1 Å². The third-order valence-corrected chi connectivity index (χ3v) is 6.22. The largest absolute Gasteiger partial charge is 0.315 e. The standard InChI is InChI=1S/C17H24N2O2S/c1-13-2-6-17(7-3-13)22(20,21)19-9-8-18-12-16-11-14-4-5-15(16)10-14/h2-7,14-16,18-19H,8-12H2,1H3. The van der Waals surface area contributed by atoms with E-state index in [2.05, 4.69) is 22.2 Å². The number of benzene rings is 1. The maximum absolute atomic E-state index is 12.1. The zero-order valence-corrected chi connectivity index (χ0v) is 13.8. The van der Waals surface area contributed by atoms with Crippen LogP contribution in [0, 0.1) is 24.7 Å². The smallest absolute Gasteiger partial charge is 0.240 e. The normalized spacial score (nSPS) is 26.7. The van der Waals surface area contributed by atoms with Gasteiger partial charge in [0, 0.05) is 13.1 Å². The van der Waals surface area contributed by atoms with E-state index < -0.39 is 10.0 Å². The van der Waals surface area contributed by atoms with Crippen LogP contribution < -0.4 is 10.0 Å². The van der Waals surface area contributed by atoms with Gasteiger partial charge in [0.15, 0.2) is 0 Å². The molecule has 5 heteroatoms. The Bertz CT molecular complexity index is 637. The summed E-state index contributed by atoms with van der Waals surface area (Å²) in [6.07, 6.45) is 7.28. The quantitative estimate of drug-likeness (QED) is 0.597. The first-order chi connectivity index (χ1) is 10.5. The van der Waals surface area contributed by atoms with Crippen LogP contribution >= 0.6 is 0 Å². The van der Waals surface area contributed by atoms with Crippen molar-refractivity contribution in [3.63, 3.8) is 0 Å². The minimum atomic E-state index is -3.39. The van der Waals surface area contributed by atoms with E-state index in [1.54, 1.807) is 12.1 Å². The van der Waals surface area contributed by atoms with Crippen molar-refractivity contribution in [1.29, 1.82) is 0 Å². The molecule has 1 saturated carbocycles. The second-order valence-electron chi connectivity index (χ2n) is 6.46. The molecule has 2 aliphatic rings. The lowest BCUT2D eigenvalue weighted by Gasteiger charge is -2.18. The fourth-order valence-electron chi connectivity index (χ4n) is 3.49. The molecule has 22 heavy (non-hydrogen) atoms. The van der Waals surface area contributed by atoms with Crippen molar-refractivity contribution in [3.8, 4) is 0 Å². The molecule has 3 unspecified atom stereocenters. The first-order valence-corrected chi connectivity index (χ1v) is 9.48. The van der Waals surface area contributed by atoms with E-state index in [-0.39, 0.29) is 0 Å². The predicted octanol–water partition coefficient (Wildman–Crippen LogP) is 2.08. The predicted molar refractivity (Wildman–Crippen MR) is 88.1 cm³/mol. The van der Waals surface area contributed by atoms with Gasteiger partial charge in [-0.05, 0) is 56.2 Å². The highest BCUT2D eigenvalue weighted by Gasteiger charge is 2.34. The third kappa shape index (κ3) is 3.59. The van der Waals surface area contributed by atoms with E-state index in [1.165, 1.54) is 12.8 Å². The lowest BCUT2D eigenvalue weighted by atomic mass is 9.94. The summed E-state index contributed by atoms with van der Waals surface area (Å²) in [5, 5.41) is 3.38. The summed E-state index contributed by atoms with van der Waals surface area (Å²) in [6.45, 7) is 4.02. The zero-order chi connectivity index (χ0) is 15.6. The molecule has 1 aromatic carbocycles. The number of sulfonamides is 1. The van der Waals surface area contributed by atoms with Crippen molar-refractivity contribution in [2.75, 3.05) is 19.6 Å². The minimum Gasteiger partial charge on any atom is -0.315 e. The van der Waals surface area contributed by atoms with E-state index in [4.69, 9.17) is 0 Å². The second kappa shape index (κ2) is 6.52. The van der Waals surface area contributed by atoms with Gasteiger partial charge in [0.2, 0.25) is 10.0 Å². The molecule has 4 nitrogen and oxygen atoms in total. The van der Waals surface area contributed by atoms with Crippen LogP contribution in [0.4, 0.5) is 0 Å². The molecule has 120 valence electrons. The Morgan fingerprint density at radius 3 is 2.50 bits per heavy atom. The van der Waals surface area contributed by atoms with Gasteiger partial charge in [-0.2, -0.15) is 0 Å². The van der Waals surface area contributed by atoms with Crippen LogP contribution in [-0.2, 0) is 10.0 Å². The summed E-state index contributed by atoms with van der Waals surface area (Å²) in [5.74, 6) is 2.25. The number of allylic oxidation sites excluding steroid dienone is 2. The van der Waals surface area contributed by atoms with Crippen LogP contribution in [0.15, 0.2) is 41.3 Å². The Morgan fingerprint density at radius 1 is 1.09 bits per heavy atom. The third-order valence-electron chi connectivity index (χ3n) is 4.75. The van der Waals surface area contributed by atoms with Gasteiger partial charge in [-0.1, -0.05) is 29.8 Å². The van der Waals surface area contributed by atoms with Crippen molar-refractivity contribution in [3.05, 3.63) is 42.0 Å². The molecule has 1 aromatic rings. The van der Waals surface area contributed by atoms with Crippen LogP contribution in [0.2, 0.25) is 0 Å². The van der Waals surface area contributed by atoms with E-state index in [0.717, 1.165) is 29.9 Å². The molecule has 2 aliphatic carbocycles. The molecule has 0 spiro atoms. The average Bonchev–Trinajstić information content (AvgIpc) is 3.10. The maximum atomic E-state index is 12.1.